The zero-order valence-corrected chi connectivity index (χ0v) is 9.27. The maximum Gasteiger partial charge on any atom is 0.179 e. The molecule has 1 aromatic carbocycles. The standard InChI is InChI=1S/C13H11NO3/c1-7(14)11(15)10-6-8-2-4-16-12(8)13-9(10)3-5-17-13/h2-7H,14H2,1H3. The van der Waals surface area contributed by atoms with Gasteiger partial charge in [-0.25, -0.2) is 0 Å². The summed E-state index contributed by atoms with van der Waals surface area (Å²) in [6.45, 7) is 1.67. The molecule has 0 aliphatic carbocycles. The van der Waals surface area contributed by atoms with Gasteiger partial charge in [0.15, 0.2) is 16.9 Å². The average molecular weight is 229 g/mol. The first-order valence-corrected chi connectivity index (χ1v) is 5.35. The summed E-state index contributed by atoms with van der Waals surface area (Å²) in [5, 5.41) is 1.59. The van der Waals surface area contributed by atoms with Crippen LogP contribution in [0.15, 0.2) is 39.6 Å². The largest absolute Gasteiger partial charge is 0.460 e. The van der Waals surface area contributed by atoms with Crippen LogP contribution in [0.2, 0.25) is 0 Å². The van der Waals surface area contributed by atoms with Crippen molar-refractivity contribution in [2.75, 3.05) is 0 Å². The van der Waals surface area contributed by atoms with Crippen molar-refractivity contribution in [3.8, 4) is 0 Å². The normalized spacial score (nSPS) is 13.3. The second-order valence-corrected chi connectivity index (χ2v) is 4.08. The Balaban J connectivity index is 2.41. The molecule has 0 saturated heterocycles. The highest BCUT2D eigenvalue weighted by atomic mass is 16.4. The molecule has 0 bridgehead atoms. The molecule has 1 atom stereocenters. The Bertz CT molecular complexity index is 706. The topological polar surface area (TPSA) is 69.4 Å². The fourth-order valence-electron chi connectivity index (χ4n) is 2.00. The van der Waals surface area contributed by atoms with Gasteiger partial charge in [0.2, 0.25) is 0 Å². The predicted octanol–water partition coefficient (Wildman–Crippen LogP) is 2.71. The lowest BCUT2D eigenvalue weighted by atomic mass is 10.0. The Kier molecular flexibility index (Phi) is 2.06. The van der Waals surface area contributed by atoms with Gasteiger partial charge in [0.05, 0.1) is 18.6 Å². The second-order valence-electron chi connectivity index (χ2n) is 4.08. The fraction of sp³-hybridized carbons (Fsp3) is 0.154. The third kappa shape index (κ3) is 1.38. The molecule has 17 heavy (non-hydrogen) atoms. The monoisotopic (exact) mass is 229 g/mol. The van der Waals surface area contributed by atoms with E-state index in [4.69, 9.17) is 14.6 Å². The van der Waals surface area contributed by atoms with E-state index >= 15 is 0 Å². The van der Waals surface area contributed by atoms with Crippen molar-refractivity contribution >= 4 is 27.7 Å². The van der Waals surface area contributed by atoms with Crippen molar-refractivity contribution < 1.29 is 13.6 Å². The fourth-order valence-corrected chi connectivity index (χ4v) is 2.00. The van der Waals surface area contributed by atoms with E-state index in [0.29, 0.717) is 16.7 Å². The zero-order valence-electron chi connectivity index (χ0n) is 9.27. The first-order chi connectivity index (χ1) is 8.18. The van der Waals surface area contributed by atoms with Gasteiger partial charge in [-0.05, 0) is 25.1 Å². The summed E-state index contributed by atoms with van der Waals surface area (Å²) >= 11 is 0. The number of furan rings is 2. The van der Waals surface area contributed by atoms with Gasteiger partial charge in [0.1, 0.15) is 0 Å². The highest BCUT2D eigenvalue weighted by molar-refractivity contribution is 6.15. The number of Topliss-reactive ketones (excluding diaryl/α,β-unsaturated/α-hetero) is 1. The average Bonchev–Trinajstić information content (AvgIpc) is 2.93. The number of carbonyl (C=O) groups is 1. The van der Waals surface area contributed by atoms with Crippen molar-refractivity contribution in [3.63, 3.8) is 0 Å². The number of carbonyl (C=O) groups excluding carboxylic acids is 1. The predicted molar refractivity (Wildman–Crippen MR) is 64.0 cm³/mol. The number of hydrogen-bond acceptors (Lipinski definition) is 4. The molecule has 0 saturated carbocycles. The Labute approximate surface area is 97.0 Å². The van der Waals surface area contributed by atoms with Gasteiger partial charge in [-0.2, -0.15) is 0 Å². The number of fused-ring (bicyclic) bond motifs is 3. The number of hydrogen-bond donors (Lipinski definition) is 1. The molecule has 86 valence electrons. The molecule has 3 aromatic rings. The van der Waals surface area contributed by atoms with Crippen LogP contribution in [0.4, 0.5) is 0 Å². The SMILES string of the molecule is CC(N)C(=O)c1cc2ccoc2c2occc12. The summed E-state index contributed by atoms with van der Waals surface area (Å²) in [6.07, 6.45) is 3.12. The number of rotatable bonds is 2. The van der Waals surface area contributed by atoms with Crippen molar-refractivity contribution in [3.05, 3.63) is 36.3 Å². The minimum Gasteiger partial charge on any atom is -0.460 e. The molecule has 0 spiro atoms. The molecule has 0 fully saturated rings. The maximum atomic E-state index is 12.0. The molecular weight excluding hydrogens is 218 g/mol. The Morgan fingerprint density at radius 2 is 1.94 bits per heavy atom. The lowest BCUT2D eigenvalue weighted by Crippen LogP contribution is -2.26. The van der Waals surface area contributed by atoms with Crippen molar-refractivity contribution in [2.24, 2.45) is 5.73 Å². The van der Waals surface area contributed by atoms with Crippen LogP contribution in [0.25, 0.3) is 21.9 Å². The van der Waals surface area contributed by atoms with Gasteiger partial charge >= 0.3 is 0 Å². The minimum absolute atomic E-state index is 0.0977. The molecular formula is C13H11NO3. The van der Waals surface area contributed by atoms with Crippen molar-refractivity contribution in [1.82, 2.24) is 0 Å². The summed E-state index contributed by atoms with van der Waals surface area (Å²) in [5.74, 6) is -0.0977. The molecule has 2 N–H and O–H groups in total. The van der Waals surface area contributed by atoms with Crippen LogP contribution < -0.4 is 5.73 Å². The summed E-state index contributed by atoms with van der Waals surface area (Å²) in [6, 6.07) is 4.82. The maximum absolute atomic E-state index is 12.0. The van der Waals surface area contributed by atoms with Crippen LogP contribution >= 0.6 is 0 Å². The molecule has 4 nitrogen and oxygen atoms in total. The van der Waals surface area contributed by atoms with Crippen LogP contribution in [0.5, 0.6) is 0 Å². The van der Waals surface area contributed by atoms with Crippen LogP contribution in [-0.4, -0.2) is 11.8 Å². The molecule has 4 heteroatoms. The highest BCUT2D eigenvalue weighted by Gasteiger charge is 2.18. The molecule has 1 unspecified atom stereocenters. The Morgan fingerprint density at radius 1 is 1.24 bits per heavy atom. The smallest absolute Gasteiger partial charge is 0.179 e. The minimum atomic E-state index is -0.530. The zero-order chi connectivity index (χ0) is 12.0. The molecule has 0 amide bonds. The Hall–Kier alpha value is -2.07. The third-order valence-corrected chi connectivity index (χ3v) is 2.84. The molecule has 0 aliphatic rings. The lowest BCUT2D eigenvalue weighted by Gasteiger charge is -2.05. The summed E-state index contributed by atoms with van der Waals surface area (Å²) in [4.78, 5) is 12.0. The van der Waals surface area contributed by atoms with Crippen LogP contribution in [0.3, 0.4) is 0 Å². The molecule has 0 radical (unpaired) electrons. The number of benzene rings is 1. The van der Waals surface area contributed by atoms with Gasteiger partial charge in [-0.15, -0.1) is 0 Å². The van der Waals surface area contributed by atoms with Crippen LogP contribution in [0, 0.1) is 0 Å². The van der Waals surface area contributed by atoms with E-state index in [9.17, 15) is 4.79 Å². The lowest BCUT2D eigenvalue weighted by molar-refractivity contribution is 0.0969. The number of nitrogens with two attached hydrogens (primary N) is 1. The van der Waals surface area contributed by atoms with E-state index in [-0.39, 0.29) is 5.78 Å². The first-order valence-electron chi connectivity index (χ1n) is 5.35. The van der Waals surface area contributed by atoms with E-state index in [1.165, 1.54) is 0 Å². The third-order valence-electron chi connectivity index (χ3n) is 2.84. The first kappa shape index (κ1) is 10.1. The highest BCUT2D eigenvalue weighted by Crippen LogP contribution is 2.30. The van der Waals surface area contributed by atoms with Gasteiger partial charge in [-0.1, -0.05) is 0 Å². The molecule has 0 aliphatic heterocycles. The van der Waals surface area contributed by atoms with E-state index in [0.717, 1.165) is 10.8 Å². The summed E-state index contributed by atoms with van der Waals surface area (Å²) in [5.41, 5.74) is 7.48. The quantitative estimate of drug-likeness (QED) is 0.686. The van der Waals surface area contributed by atoms with Gasteiger partial charge < -0.3 is 14.6 Å². The van der Waals surface area contributed by atoms with Crippen LogP contribution in [-0.2, 0) is 0 Å². The number of ketones is 1. The molecule has 2 aromatic heterocycles. The van der Waals surface area contributed by atoms with E-state index in [2.05, 4.69) is 0 Å². The van der Waals surface area contributed by atoms with Crippen molar-refractivity contribution in [2.45, 2.75) is 13.0 Å². The molecule has 2 heterocycles. The summed E-state index contributed by atoms with van der Waals surface area (Å²) in [7, 11) is 0. The van der Waals surface area contributed by atoms with Gasteiger partial charge in [0.25, 0.3) is 0 Å². The molecule has 3 rings (SSSR count). The summed E-state index contributed by atoms with van der Waals surface area (Å²) < 4.78 is 10.7. The Morgan fingerprint density at radius 3 is 2.71 bits per heavy atom. The van der Waals surface area contributed by atoms with Gasteiger partial charge in [-0.3, -0.25) is 4.79 Å². The van der Waals surface area contributed by atoms with Gasteiger partial charge in [0, 0.05) is 16.3 Å². The van der Waals surface area contributed by atoms with Crippen molar-refractivity contribution in [1.29, 1.82) is 0 Å². The second kappa shape index (κ2) is 3.46. The van der Waals surface area contributed by atoms with E-state index in [1.807, 2.05) is 0 Å². The van der Waals surface area contributed by atoms with E-state index in [1.54, 1.807) is 37.6 Å². The van der Waals surface area contributed by atoms with E-state index < -0.39 is 6.04 Å². The van der Waals surface area contributed by atoms with Crippen LogP contribution in [0.1, 0.15) is 17.3 Å².